The number of hydrogen-bond donors (Lipinski definition) is 0. The standard InChI is InChI=1S/C11H21F/c1-4-5-10(12)11(8(2)3)9-6-7-9/h8-11H,4-7H2,1-3H3/t10?,11-/m1/s1. The van der Waals surface area contributed by atoms with Gasteiger partial charge in [-0.05, 0) is 37.0 Å². The first kappa shape index (κ1) is 10.0. The monoisotopic (exact) mass is 172 g/mol. The first-order valence-electron chi connectivity index (χ1n) is 5.30. The molecule has 0 aromatic rings. The maximum atomic E-state index is 13.6. The average Bonchev–Trinajstić information content (AvgIpc) is 2.71. The van der Waals surface area contributed by atoms with Crippen LogP contribution in [0.25, 0.3) is 0 Å². The highest BCUT2D eigenvalue weighted by molar-refractivity contribution is 4.87. The molecule has 0 saturated heterocycles. The first-order valence-corrected chi connectivity index (χ1v) is 5.30. The van der Waals surface area contributed by atoms with Crippen LogP contribution in [0.3, 0.4) is 0 Å². The molecular weight excluding hydrogens is 151 g/mol. The topological polar surface area (TPSA) is 0 Å². The Balaban J connectivity index is 2.40. The lowest BCUT2D eigenvalue weighted by Gasteiger charge is -2.24. The van der Waals surface area contributed by atoms with Crippen molar-refractivity contribution in [2.24, 2.45) is 17.8 Å². The van der Waals surface area contributed by atoms with Crippen LogP contribution in [0, 0.1) is 17.8 Å². The predicted octanol–water partition coefficient (Wildman–Crippen LogP) is 3.81. The Labute approximate surface area is 75.5 Å². The van der Waals surface area contributed by atoms with Gasteiger partial charge in [-0.1, -0.05) is 27.2 Å². The average molecular weight is 172 g/mol. The minimum absolute atomic E-state index is 0.352. The lowest BCUT2D eigenvalue weighted by molar-refractivity contribution is 0.148. The van der Waals surface area contributed by atoms with E-state index in [0.717, 1.165) is 12.8 Å². The normalized spacial score (nSPS) is 22.8. The third kappa shape index (κ3) is 2.46. The predicted molar refractivity (Wildman–Crippen MR) is 50.9 cm³/mol. The van der Waals surface area contributed by atoms with E-state index in [1.54, 1.807) is 0 Å². The lowest BCUT2D eigenvalue weighted by atomic mass is 9.85. The quantitative estimate of drug-likeness (QED) is 0.591. The SMILES string of the molecule is CCCC(F)[C@H](C(C)C)C1CC1. The molecule has 1 aliphatic carbocycles. The molecule has 0 nitrogen and oxygen atoms in total. The fourth-order valence-corrected chi connectivity index (χ4v) is 2.21. The Morgan fingerprint density at radius 3 is 2.25 bits per heavy atom. The van der Waals surface area contributed by atoms with Crippen molar-refractivity contribution in [2.45, 2.75) is 52.6 Å². The van der Waals surface area contributed by atoms with E-state index in [9.17, 15) is 4.39 Å². The molecule has 0 aromatic carbocycles. The Morgan fingerprint density at radius 2 is 1.92 bits per heavy atom. The van der Waals surface area contributed by atoms with Crippen molar-refractivity contribution in [2.75, 3.05) is 0 Å². The fourth-order valence-electron chi connectivity index (χ4n) is 2.21. The molecule has 0 aliphatic heterocycles. The van der Waals surface area contributed by atoms with E-state index in [1.807, 2.05) is 0 Å². The second-order valence-electron chi connectivity index (χ2n) is 4.46. The van der Waals surface area contributed by atoms with Crippen LogP contribution in [0.4, 0.5) is 4.39 Å². The summed E-state index contributed by atoms with van der Waals surface area (Å²) in [6.45, 7) is 6.38. The van der Waals surface area contributed by atoms with E-state index in [4.69, 9.17) is 0 Å². The molecule has 0 amide bonds. The summed E-state index contributed by atoms with van der Waals surface area (Å²) < 4.78 is 13.6. The smallest absolute Gasteiger partial charge is 0.103 e. The van der Waals surface area contributed by atoms with Gasteiger partial charge in [-0.3, -0.25) is 0 Å². The summed E-state index contributed by atoms with van der Waals surface area (Å²) >= 11 is 0. The van der Waals surface area contributed by atoms with E-state index < -0.39 is 6.17 Å². The molecule has 1 saturated carbocycles. The molecule has 1 aliphatic rings. The Kier molecular flexibility index (Phi) is 3.54. The summed E-state index contributed by atoms with van der Waals surface area (Å²) in [5.74, 6) is 1.59. The molecular formula is C11H21F. The molecule has 1 fully saturated rings. The van der Waals surface area contributed by atoms with Crippen molar-refractivity contribution < 1.29 is 4.39 Å². The molecule has 12 heavy (non-hydrogen) atoms. The third-order valence-corrected chi connectivity index (χ3v) is 2.92. The van der Waals surface area contributed by atoms with E-state index in [2.05, 4.69) is 20.8 Å². The number of rotatable bonds is 5. The Bertz CT molecular complexity index is 125. The van der Waals surface area contributed by atoms with Gasteiger partial charge >= 0.3 is 0 Å². The van der Waals surface area contributed by atoms with Crippen molar-refractivity contribution >= 4 is 0 Å². The van der Waals surface area contributed by atoms with Gasteiger partial charge in [-0.15, -0.1) is 0 Å². The highest BCUT2D eigenvalue weighted by Gasteiger charge is 2.37. The van der Waals surface area contributed by atoms with Crippen LogP contribution in [0.5, 0.6) is 0 Å². The van der Waals surface area contributed by atoms with Crippen LogP contribution >= 0.6 is 0 Å². The van der Waals surface area contributed by atoms with Crippen molar-refractivity contribution in [1.29, 1.82) is 0 Å². The maximum Gasteiger partial charge on any atom is 0.103 e. The van der Waals surface area contributed by atoms with Gasteiger partial charge in [-0.25, -0.2) is 4.39 Å². The second kappa shape index (κ2) is 4.25. The maximum absolute atomic E-state index is 13.6. The molecule has 0 N–H and O–H groups in total. The van der Waals surface area contributed by atoms with Gasteiger partial charge in [0.2, 0.25) is 0 Å². The largest absolute Gasteiger partial charge is 0.247 e. The van der Waals surface area contributed by atoms with E-state index in [-0.39, 0.29) is 0 Å². The van der Waals surface area contributed by atoms with Gasteiger partial charge in [-0.2, -0.15) is 0 Å². The van der Waals surface area contributed by atoms with Crippen molar-refractivity contribution in [3.63, 3.8) is 0 Å². The summed E-state index contributed by atoms with van der Waals surface area (Å²) in [5.41, 5.74) is 0. The number of hydrogen-bond acceptors (Lipinski definition) is 0. The molecule has 0 aromatic heterocycles. The summed E-state index contributed by atoms with van der Waals surface area (Å²) in [7, 11) is 0. The van der Waals surface area contributed by atoms with Crippen LogP contribution in [0.1, 0.15) is 46.5 Å². The highest BCUT2D eigenvalue weighted by Crippen LogP contribution is 2.43. The molecule has 0 spiro atoms. The molecule has 2 atom stereocenters. The summed E-state index contributed by atoms with van der Waals surface area (Å²) in [4.78, 5) is 0. The van der Waals surface area contributed by atoms with Crippen LogP contribution in [0.2, 0.25) is 0 Å². The van der Waals surface area contributed by atoms with Crippen LogP contribution in [-0.2, 0) is 0 Å². The molecule has 0 radical (unpaired) electrons. The van der Waals surface area contributed by atoms with Crippen molar-refractivity contribution in [1.82, 2.24) is 0 Å². The molecule has 1 rings (SSSR count). The zero-order chi connectivity index (χ0) is 9.14. The minimum atomic E-state index is -0.539. The van der Waals surface area contributed by atoms with Gasteiger partial charge < -0.3 is 0 Å². The Hall–Kier alpha value is -0.0700. The van der Waals surface area contributed by atoms with Crippen LogP contribution < -0.4 is 0 Å². The molecule has 1 heteroatoms. The molecule has 72 valence electrons. The lowest BCUT2D eigenvalue weighted by Crippen LogP contribution is -2.23. The summed E-state index contributed by atoms with van der Waals surface area (Å²) in [5, 5.41) is 0. The van der Waals surface area contributed by atoms with Gasteiger partial charge in [0.15, 0.2) is 0 Å². The van der Waals surface area contributed by atoms with E-state index in [1.165, 1.54) is 12.8 Å². The molecule has 1 unspecified atom stereocenters. The molecule has 0 heterocycles. The summed E-state index contributed by atoms with van der Waals surface area (Å²) in [6, 6.07) is 0. The number of halogens is 1. The van der Waals surface area contributed by atoms with Crippen LogP contribution in [0.15, 0.2) is 0 Å². The zero-order valence-electron chi connectivity index (χ0n) is 8.52. The Morgan fingerprint density at radius 1 is 1.33 bits per heavy atom. The molecule has 0 bridgehead atoms. The van der Waals surface area contributed by atoms with Crippen molar-refractivity contribution in [3.8, 4) is 0 Å². The third-order valence-electron chi connectivity index (χ3n) is 2.92. The fraction of sp³-hybridized carbons (Fsp3) is 1.00. The van der Waals surface area contributed by atoms with E-state index in [0.29, 0.717) is 17.8 Å². The highest BCUT2D eigenvalue weighted by atomic mass is 19.1. The first-order chi connectivity index (χ1) is 5.66. The second-order valence-corrected chi connectivity index (χ2v) is 4.46. The van der Waals surface area contributed by atoms with Crippen molar-refractivity contribution in [3.05, 3.63) is 0 Å². The minimum Gasteiger partial charge on any atom is -0.247 e. The van der Waals surface area contributed by atoms with Gasteiger partial charge in [0.1, 0.15) is 6.17 Å². The number of alkyl halides is 1. The zero-order valence-corrected chi connectivity index (χ0v) is 8.52. The van der Waals surface area contributed by atoms with Gasteiger partial charge in [0, 0.05) is 0 Å². The van der Waals surface area contributed by atoms with Gasteiger partial charge in [0.25, 0.3) is 0 Å². The summed E-state index contributed by atoms with van der Waals surface area (Å²) in [6.07, 6.45) is 3.75. The van der Waals surface area contributed by atoms with E-state index >= 15 is 0 Å². The van der Waals surface area contributed by atoms with Gasteiger partial charge in [0.05, 0.1) is 0 Å². The van der Waals surface area contributed by atoms with Crippen LogP contribution in [-0.4, -0.2) is 6.17 Å².